The summed E-state index contributed by atoms with van der Waals surface area (Å²) in [6.07, 6.45) is 1.42. The van der Waals surface area contributed by atoms with Crippen LogP contribution in [-0.2, 0) is 0 Å². The van der Waals surface area contributed by atoms with Gasteiger partial charge in [0.05, 0.1) is 6.21 Å². The number of anilines is 2. The topological polar surface area (TPSA) is 66.8 Å². The average molecular weight is 573 g/mol. The second-order valence-electron chi connectivity index (χ2n) is 10.9. The van der Waals surface area contributed by atoms with Crippen molar-refractivity contribution in [2.75, 3.05) is 12.4 Å². The molecule has 0 amide bonds. The number of nitrogens with two attached hydrogens (primary N) is 1. The van der Waals surface area contributed by atoms with Crippen LogP contribution in [-0.4, -0.2) is 18.3 Å². The molecule has 0 aliphatic heterocycles. The van der Waals surface area contributed by atoms with Crippen LogP contribution in [0, 0.1) is 0 Å². The van der Waals surface area contributed by atoms with E-state index in [9.17, 15) is 0 Å². The van der Waals surface area contributed by atoms with Crippen molar-refractivity contribution in [2.45, 2.75) is 6.17 Å². The first-order valence-electron chi connectivity index (χ1n) is 14.7. The molecule has 7 rings (SSSR count). The van der Waals surface area contributed by atoms with Gasteiger partial charge in [0.1, 0.15) is 17.3 Å². The first kappa shape index (κ1) is 27.2. The summed E-state index contributed by atoms with van der Waals surface area (Å²) in [6, 6.07) is 49.8. The zero-order valence-electron chi connectivity index (χ0n) is 24.4. The van der Waals surface area contributed by atoms with E-state index < -0.39 is 6.17 Å². The maximum absolute atomic E-state index is 6.61. The molecule has 7 aromatic rings. The molecule has 214 valence electrons. The van der Waals surface area contributed by atoms with E-state index in [1.807, 2.05) is 73.9 Å². The summed E-state index contributed by atoms with van der Waals surface area (Å²) in [5.41, 5.74) is 16.9. The van der Waals surface area contributed by atoms with Crippen LogP contribution < -0.4 is 11.1 Å². The van der Waals surface area contributed by atoms with E-state index in [2.05, 4.69) is 95.3 Å². The van der Waals surface area contributed by atoms with E-state index in [0.29, 0.717) is 0 Å². The number of hydrogen-bond acceptors (Lipinski definition) is 5. The minimum atomic E-state index is -0.401. The van der Waals surface area contributed by atoms with Crippen molar-refractivity contribution in [2.24, 2.45) is 10.8 Å². The predicted octanol–water partition coefficient (Wildman–Crippen LogP) is 9.59. The Balaban J connectivity index is 1.20. The summed E-state index contributed by atoms with van der Waals surface area (Å²) in [5.74, 6) is 0. The van der Waals surface area contributed by atoms with Crippen LogP contribution in [0.3, 0.4) is 0 Å². The molecule has 0 saturated heterocycles. The Morgan fingerprint density at radius 3 is 2.20 bits per heavy atom. The predicted molar refractivity (Wildman–Crippen MR) is 183 cm³/mol. The lowest BCUT2D eigenvalue weighted by atomic mass is 9.96. The van der Waals surface area contributed by atoms with E-state index in [4.69, 9.17) is 10.2 Å². The monoisotopic (exact) mass is 572 g/mol. The highest BCUT2D eigenvalue weighted by atomic mass is 16.3. The number of furan rings is 1. The SMILES string of the molecule is CN(/N=C/c1ccccc1)C(N)c1cccc(Nc2ccc(-c3ccc4oc5ccccc5c4c3)cc2-c2ccccc2)c1. The Morgan fingerprint density at radius 1 is 0.659 bits per heavy atom. The minimum Gasteiger partial charge on any atom is -0.456 e. The Bertz CT molecular complexity index is 2080. The van der Waals surface area contributed by atoms with Crippen LogP contribution >= 0.6 is 0 Å². The molecule has 1 atom stereocenters. The molecule has 3 N–H and O–H groups in total. The van der Waals surface area contributed by atoms with E-state index in [1.165, 1.54) is 0 Å². The summed E-state index contributed by atoms with van der Waals surface area (Å²) in [7, 11) is 1.89. The Morgan fingerprint density at radius 2 is 1.36 bits per heavy atom. The molecule has 1 aromatic heterocycles. The number of hydrazone groups is 1. The molecular formula is C39H32N4O. The molecule has 0 aliphatic carbocycles. The van der Waals surface area contributed by atoms with Gasteiger partial charge in [-0.3, -0.25) is 5.01 Å². The Kier molecular flexibility index (Phi) is 7.37. The molecule has 6 aromatic carbocycles. The van der Waals surface area contributed by atoms with Crippen molar-refractivity contribution >= 4 is 39.5 Å². The van der Waals surface area contributed by atoms with Crippen LogP contribution in [0.2, 0.25) is 0 Å². The maximum atomic E-state index is 6.61. The molecule has 0 bridgehead atoms. The lowest BCUT2D eigenvalue weighted by Gasteiger charge is -2.22. The highest BCUT2D eigenvalue weighted by Gasteiger charge is 2.14. The molecular weight excluding hydrogens is 540 g/mol. The lowest BCUT2D eigenvalue weighted by molar-refractivity contribution is 0.265. The summed E-state index contributed by atoms with van der Waals surface area (Å²) >= 11 is 0. The first-order valence-corrected chi connectivity index (χ1v) is 14.7. The third-order valence-electron chi connectivity index (χ3n) is 7.91. The van der Waals surface area contributed by atoms with Crippen molar-refractivity contribution in [3.63, 3.8) is 0 Å². The highest BCUT2D eigenvalue weighted by Crippen LogP contribution is 2.37. The fourth-order valence-corrected chi connectivity index (χ4v) is 5.54. The van der Waals surface area contributed by atoms with Gasteiger partial charge in [0.25, 0.3) is 0 Å². The van der Waals surface area contributed by atoms with Crippen molar-refractivity contribution in [1.29, 1.82) is 0 Å². The van der Waals surface area contributed by atoms with E-state index >= 15 is 0 Å². The van der Waals surface area contributed by atoms with Crippen molar-refractivity contribution < 1.29 is 4.42 Å². The maximum Gasteiger partial charge on any atom is 0.135 e. The highest BCUT2D eigenvalue weighted by molar-refractivity contribution is 6.06. The number of nitrogens with one attached hydrogen (secondary N) is 1. The standard InChI is InChI=1S/C39H32N4O/c1-43(41-26-27-11-4-2-5-12-27)39(40)31-15-10-16-32(23-31)42-36-21-19-29(24-34(36)28-13-6-3-7-14-28)30-20-22-38-35(25-30)33-17-8-9-18-37(33)44-38/h2-26,39,42H,40H2,1H3/b41-26+. The lowest BCUT2D eigenvalue weighted by Crippen LogP contribution is -2.27. The van der Waals surface area contributed by atoms with Gasteiger partial charge in [-0.15, -0.1) is 0 Å². The minimum absolute atomic E-state index is 0.401. The molecule has 1 heterocycles. The van der Waals surface area contributed by atoms with Gasteiger partial charge in [0.2, 0.25) is 0 Å². The van der Waals surface area contributed by atoms with E-state index in [1.54, 1.807) is 5.01 Å². The Hall–Kier alpha value is -5.65. The number of para-hydroxylation sites is 1. The molecule has 0 spiro atoms. The summed E-state index contributed by atoms with van der Waals surface area (Å²) < 4.78 is 6.07. The zero-order valence-corrected chi connectivity index (χ0v) is 24.4. The quantitative estimate of drug-likeness (QED) is 0.108. The number of hydrogen-bond donors (Lipinski definition) is 2. The van der Waals surface area contributed by atoms with Gasteiger partial charge in [0, 0.05) is 34.8 Å². The zero-order chi connectivity index (χ0) is 29.9. The second-order valence-corrected chi connectivity index (χ2v) is 10.9. The molecule has 0 saturated carbocycles. The normalized spacial score (nSPS) is 12.1. The van der Waals surface area contributed by atoms with Crippen LogP contribution in [0.1, 0.15) is 17.3 Å². The van der Waals surface area contributed by atoms with Gasteiger partial charge in [-0.1, -0.05) is 103 Å². The largest absolute Gasteiger partial charge is 0.456 e. The number of benzene rings is 6. The molecule has 0 fully saturated rings. The second kappa shape index (κ2) is 11.9. The molecule has 5 nitrogen and oxygen atoms in total. The van der Waals surface area contributed by atoms with Crippen LogP contribution in [0.5, 0.6) is 0 Å². The van der Waals surface area contributed by atoms with Gasteiger partial charge in [-0.25, -0.2) is 0 Å². The van der Waals surface area contributed by atoms with Crippen molar-refractivity contribution in [1.82, 2.24) is 5.01 Å². The third-order valence-corrected chi connectivity index (χ3v) is 7.91. The van der Waals surface area contributed by atoms with Crippen LogP contribution in [0.15, 0.2) is 155 Å². The van der Waals surface area contributed by atoms with Crippen molar-refractivity contribution in [3.8, 4) is 22.3 Å². The molecule has 5 heteroatoms. The summed E-state index contributed by atoms with van der Waals surface area (Å²) in [5, 5.41) is 12.2. The van der Waals surface area contributed by atoms with E-state index in [0.717, 1.165) is 66.7 Å². The van der Waals surface area contributed by atoms with Crippen LogP contribution in [0.4, 0.5) is 11.4 Å². The number of fused-ring (bicyclic) bond motifs is 3. The number of nitrogens with zero attached hydrogens (tertiary/aromatic N) is 2. The van der Waals surface area contributed by atoms with Gasteiger partial charge >= 0.3 is 0 Å². The van der Waals surface area contributed by atoms with Crippen molar-refractivity contribution in [3.05, 3.63) is 157 Å². The fourth-order valence-electron chi connectivity index (χ4n) is 5.54. The smallest absolute Gasteiger partial charge is 0.135 e. The molecule has 44 heavy (non-hydrogen) atoms. The molecule has 0 aliphatic rings. The van der Waals surface area contributed by atoms with Gasteiger partial charge in [-0.05, 0) is 70.3 Å². The van der Waals surface area contributed by atoms with Gasteiger partial charge in [-0.2, -0.15) is 5.10 Å². The van der Waals surface area contributed by atoms with Gasteiger partial charge < -0.3 is 15.5 Å². The fraction of sp³-hybridized carbons (Fsp3) is 0.0513. The first-order chi connectivity index (χ1) is 21.6. The number of rotatable bonds is 8. The average Bonchev–Trinajstić information content (AvgIpc) is 3.46. The van der Waals surface area contributed by atoms with Gasteiger partial charge in [0.15, 0.2) is 0 Å². The summed E-state index contributed by atoms with van der Waals surface area (Å²) in [4.78, 5) is 0. The summed E-state index contributed by atoms with van der Waals surface area (Å²) in [6.45, 7) is 0. The molecule has 1 unspecified atom stereocenters. The third kappa shape index (κ3) is 5.56. The van der Waals surface area contributed by atoms with Crippen LogP contribution in [0.25, 0.3) is 44.2 Å². The van der Waals surface area contributed by atoms with E-state index in [-0.39, 0.29) is 0 Å². The molecule has 0 radical (unpaired) electrons. The Labute approximate surface area is 256 Å².